The van der Waals surface area contributed by atoms with Crippen LogP contribution in [-0.2, 0) is 11.3 Å². The molecule has 0 fully saturated rings. The van der Waals surface area contributed by atoms with Gasteiger partial charge in [0.1, 0.15) is 0 Å². The zero-order valence-corrected chi connectivity index (χ0v) is 20.6. The number of methoxy groups -OCH3 is 1. The Bertz CT molecular complexity index is 1250. The van der Waals surface area contributed by atoms with Crippen LogP contribution in [0.15, 0.2) is 84.0 Å². The van der Waals surface area contributed by atoms with Crippen LogP contribution in [0.4, 0.5) is 0 Å². The Kier molecular flexibility index (Phi) is 8.40. The number of amides is 1. The van der Waals surface area contributed by atoms with Crippen LogP contribution in [0.1, 0.15) is 18.9 Å². The van der Waals surface area contributed by atoms with Crippen molar-refractivity contribution in [3.05, 3.63) is 84.4 Å². The van der Waals surface area contributed by atoms with E-state index in [0.717, 1.165) is 29.1 Å². The molecule has 0 aliphatic heterocycles. The van der Waals surface area contributed by atoms with E-state index in [2.05, 4.69) is 22.4 Å². The van der Waals surface area contributed by atoms with Gasteiger partial charge in [-0.3, -0.25) is 9.36 Å². The fraction of sp³-hybridized carbons (Fsp3) is 0.222. The molecule has 1 heterocycles. The first-order chi connectivity index (χ1) is 17.2. The number of carbonyl (C=O) groups excluding carboxylic acids is 1. The number of hydrogen-bond acceptors (Lipinski definition) is 6. The second-order valence-electron chi connectivity index (χ2n) is 7.74. The zero-order chi connectivity index (χ0) is 24.5. The van der Waals surface area contributed by atoms with E-state index in [1.165, 1.54) is 11.8 Å². The van der Waals surface area contributed by atoms with E-state index < -0.39 is 0 Å². The predicted molar refractivity (Wildman–Crippen MR) is 138 cm³/mol. The van der Waals surface area contributed by atoms with Gasteiger partial charge in [0.15, 0.2) is 22.5 Å². The SMILES string of the molecule is CCCOc1ccc(CNC(=O)CSc2nnc(-c3ccccc3)n2-c2ccccc2)cc1OC. The van der Waals surface area contributed by atoms with E-state index in [1.54, 1.807) is 7.11 Å². The van der Waals surface area contributed by atoms with Crippen molar-refractivity contribution in [1.82, 2.24) is 20.1 Å². The van der Waals surface area contributed by atoms with Crippen molar-refractivity contribution in [1.29, 1.82) is 0 Å². The van der Waals surface area contributed by atoms with Crippen LogP contribution >= 0.6 is 11.8 Å². The molecule has 0 aliphatic rings. The lowest BCUT2D eigenvalue weighted by Gasteiger charge is -2.12. The van der Waals surface area contributed by atoms with Crippen molar-refractivity contribution in [3.63, 3.8) is 0 Å². The minimum absolute atomic E-state index is 0.0934. The summed E-state index contributed by atoms with van der Waals surface area (Å²) in [5.74, 6) is 2.22. The Morgan fingerprint density at radius 1 is 0.971 bits per heavy atom. The molecule has 35 heavy (non-hydrogen) atoms. The summed E-state index contributed by atoms with van der Waals surface area (Å²) in [6.45, 7) is 3.08. The molecule has 1 amide bonds. The second-order valence-corrected chi connectivity index (χ2v) is 8.68. The molecule has 0 aliphatic carbocycles. The van der Waals surface area contributed by atoms with Gasteiger partial charge in [0.25, 0.3) is 0 Å². The first kappa shape index (κ1) is 24.3. The highest BCUT2D eigenvalue weighted by Crippen LogP contribution is 2.29. The van der Waals surface area contributed by atoms with Gasteiger partial charge in [-0.1, -0.05) is 73.3 Å². The van der Waals surface area contributed by atoms with E-state index in [-0.39, 0.29) is 11.7 Å². The molecule has 8 heteroatoms. The molecular formula is C27H28N4O3S. The molecule has 180 valence electrons. The van der Waals surface area contributed by atoms with E-state index in [1.807, 2.05) is 83.4 Å². The van der Waals surface area contributed by atoms with Crippen molar-refractivity contribution in [3.8, 4) is 28.6 Å². The highest BCUT2D eigenvalue weighted by atomic mass is 32.2. The number of ether oxygens (including phenoxy) is 2. The van der Waals surface area contributed by atoms with Gasteiger partial charge in [-0.15, -0.1) is 10.2 Å². The van der Waals surface area contributed by atoms with E-state index in [0.29, 0.717) is 29.8 Å². The normalized spacial score (nSPS) is 10.7. The standard InChI is InChI=1S/C27H28N4O3S/c1-3-16-34-23-15-14-20(17-24(23)33-2)18-28-25(32)19-35-27-30-29-26(21-10-6-4-7-11-21)31(27)22-12-8-5-9-13-22/h4-15,17H,3,16,18-19H2,1-2H3,(H,28,32). The molecule has 7 nitrogen and oxygen atoms in total. The lowest BCUT2D eigenvalue weighted by Crippen LogP contribution is -2.24. The molecule has 0 saturated heterocycles. The first-order valence-corrected chi connectivity index (χ1v) is 12.4. The Hall–Kier alpha value is -3.78. The van der Waals surface area contributed by atoms with E-state index >= 15 is 0 Å². The Morgan fingerprint density at radius 2 is 1.71 bits per heavy atom. The van der Waals surface area contributed by atoms with E-state index in [9.17, 15) is 4.79 Å². The average molecular weight is 489 g/mol. The van der Waals surface area contributed by atoms with Gasteiger partial charge in [-0.25, -0.2) is 0 Å². The molecule has 4 rings (SSSR count). The number of rotatable bonds is 11. The lowest BCUT2D eigenvalue weighted by molar-refractivity contribution is -0.118. The maximum Gasteiger partial charge on any atom is 0.230 e. The number of hydrogen-bond donors (Lipinski definition) is 1. The molecule has 3 aromatic carbocycles. The highest BCUT2D eigenvalue weighted by Gasteiger charge is 2.17. The van der Waals surface area contributed by atoms with Crippen LogP contribution in [0.2, 0.25) is 0 Å². The molecular weight excluding hydrogens is 460 g/mol. The summed E-state index contributed by atoms with van der Waals surface area (Å²) in [5, 5.41) is 12.4. The number of aromatic nitrogens is 3. The number of carbonyl (C=O) groups is 1. The van der Waals surface area contributed by atoms with Gasteiger partial charge in [0.2, 0.25) is 5.91 Å². The number of nitrogens with zero attached hydrogens (tertiary/aromatic N) is 3. The third-order valence-electron chi connectivity index (χ3n) is 5.19. The Morgan fingerprint density at radius 3 is 2.43 bits per heavy atom. The molecule has 0 bridgehead atoms. The minimum atomic E-state index is -0.0934. The molecule has 4 aromatic rings. The van der Waals surface area contributed by atoms with Gasteiger partial charge in [-0.2, -0.15) is 0 Å². The maximum absolute atomic E-state index is 12.6. The second kappa shape index (κ2) is 12.1. The molecule has 0 unspecified atom stereocenters. The molecule has 0 radical (unpaired) electrons. The summed E-state index contributed by atoms with van der Waals surface area (Å²) in [7, 11) is 1.61. The summed E-state index contributed by atoms with van der Waals surface area (Å²) in [6, 6.07) is 25.5. The van der Waals surface area contributed by atoms with Gasteiger partial charge in [-0.05, 0) is 36.2 Å². The minimum Gasteiger partial charge on any atom is -0.493 e. The maximum atomic E-state index is 12.6. The topological polar surface area (TPSA) is 78.3 Å². The average Bonchev–Trinajstić information content (AvgIpc) is 3.34. The number of nitrogens with one attached hydrogen (secondary N) is 1. The van der Waals surface area contributed by atoms with Gasteiger partial charge < -0.3 is 14.8 Å². The fourth-order valence-electron chi connectivity index (χ4n) is 3.48. The van der Waals surface area contributed by atoms with Crippen molar-refractivity contribution in [2.24, 2.45) is 0 Å². The predicted octanol–water partition coefficient (Wildman–Crippen LogP) is 5.14. The van der Waals surface area contributed by atoms with E-state index in [4.69, 9.17) is 9.47 Å². The van der Waals surface area contributed by atoms with Crippen LogP contribution in [0.25, 0.3) is 17.1 Å². The molecule has 1 N–H and O–H groups in total. The van der Waals surface area contributed by atoms with Crippen molar-refractivity contribution in [2.45, 2.75) is 25.0 Å². The third-order valence-corrected chi connectivity index (χ3v) is 6.12. The van der Waals surface area contributed by atoms with Gasteiger partial charge in [0, 0.05) is 17.8 Å². The monoisotopic (exact) mass is 488 g/mol. The Balaban J connectivity index is 1.43. The number of thioether (sulfide) groups is 1. The molecule has 0 saturated carbocycles. The summed E-state index contributed by atoms with van der Waals surface area (Å²) < 4.78 is 13.1. The lowest BCUT2D eigenvalue weighted by atomic mass is 10.2. The summed E-state index contributed by atoms with van der Waals surface area (Å²) >= 11 is 1.35. The zero-order valence-electron chi connectivity index (χ0n) is 19.8. The largest absolute Gasteiger partial charge is 0.493 e. The van der Waals surface area contributed by atoms with Gasteiger partial charge in [0.05, 0.1) is 19.5 Å². The van der Waals surface area contributed by atoms with Crippen molar-refractivity contribution >= 4 is 17.7 Å². The van der Waals surface area contributed by atoms with Crippen LogP contribution in [-0.4, -0.2) is 40.1 Å². The fourth-order valence-corrected chi connectivity index (χ4v) is 4.26. The smallest absolute Gasteiger partial charge is 0.230 e. The number of benzene rings is 3. The molecule has 0 atom stereocenters. The number of para-hydroxylation sites is 1. The van der Waals surface area contributed by atoms with Crippen LogP contribution < -0.4 is 14.8 Å². The summed E-state index contributed by atoms with van der Waals surface area (Å²) in [6.07, 6.45) is 0.920. The van der Waals surface area contributed by atoms with Crippen LogP contribution in [0.3, 0.4) is 0 Å². The quantitative estimate of drug-likeness (QED) is 0.295. The molecule has 1 aromatic heterocycles. The summed E-state index contributed by atoms with van der Waals surface area (Å²) in [4.78, 5) is 12.6. The van der Waals surface area contributed by atoms with Crippen molar-refractivity contribution < 1.29 is 14.3 Å². The van der Waals surface area contributed by atoms with Crippen LogP contribution in [0, 0.1) is 0 Å². The third kappa shape index (κ3) is 6.22. The van der Waals surface area contributed by atoms with Crippen molar-refractivity contribution in [2.75, 3.05) is 19.5 Å². The molecule has 0 spiro atoms. The Labute approximate surface area is 209 Å². The highest BCUT2D eigenvalue weighted by molar-refractivity contribution is 7.99. The summed E-state index contributed by atoms with van der Waals surface area (Å²) in [5.41, 5.74) is 2.83. The van der Waals surface area contributed by atoms with Gasteiger partial charge >= 0.3 is 0 Å². The van der Waals surface area contributed by atoms with Crippen LogP contribution in [0.5, 0.6) is 11.5 Å². The first-order valence-electron chi connectivity index (χ1n) is 11.4.